The second-order valence-electron chi connectivity index (χ2n) is 6.00. The predicted octanol–water partition coefficient (Wildman–Crippen LogP) is 3.92. The second kappa shape index (κ2) is 9.78. The highest BCUT2D eigenvalue weighted by Crippen LogP contribution is 2.31. The lowest BCUT2D eigenvalue weighted by Crippen LogP contribution is -2.23. The van der Waals surface area contributed by atoms with Crippen molar-refractivity contribution in [1.82, 2.24) is 0 Å². The zero-order chi connectivity index (χ0) is 19.8. The Morgan fingerprint density at radius 2 is 1.59 bits per heavy atom. The molecule has 0 aromatic heterocycles. The Morgan fingerprint density at radius 3 is 2.26 bits per heavy atom. The molecule has 0 aliphatic rings. The molecule has 3 N–H and O–H groups in total. The third-order valence-corrected chi connectivity index (χ3v) is 4.98. The number of carboxylic acids is 1. The van der Waals surface area contributed by atoms with Crippen molar-refractivity contribution in [3.8, 4) is 0 Å². The largest absolute Gasteiger partial charge is 0.481 e. The number of carbonyl (C=O) groups is 3. The molecule has 0 radical (unpaired) electrons. The van der Waals surface area contributed by atoms with Crippen LogP contribution >= 0.6 is 11.8 Å². The number of thioether (sulfide) groups is 1. The Balaban J connectivity index is 2.01. The maximum Gasteiger partial charge on any atom is 0.303 e. The molecule has 0 spiro atoms. The van der Waals surface area contributed by atoms with Crippen LogP contribution < -0.4 is 10.6 Å². The summed E-state index contributed by atoms with van der Waals surface area (Å²) in [7, 11) is 0. The molecule has 2 aromatic rings. The lowest BCUT2D eigenvalue weighted by Gasteiger charge is -2.16. The molecule has 2 amide bonds. The Morgan fingerprint density at radius 1 is 0.963 bits per heavy atom. The number of carboxylic acid groups (broad SMARTS) is 1. The van der Waals surface area contributed by atoms with Crippen molar-refractivity contribution in [1.29, 1.82) is 0 Å². The van der Waals surface area contributed by atoms with Gasteiger partial charge in [-0.25, -0.2) is 0 Å². The van der Waals surface area contributed by atoms with Gasteiger partial charge in [-0.15, -0.1) is 11.8 Å². The highest BCUT2D eigenvalue weighted by atomic mass is 32.2. The quantitative estimate of drug-likeness (QED) is 0.598. The van der Waals surface area contributed by atoms with Gasteiger partial charge in [-0.05, 0) is 37.6 Å². The van der Waals surface area contributed by atoms with Gasteiger partial charge in [-0.2, -0.15) is 0 Å². The Kier molecular flexibility index (Phi) is 7.43. The van der Waals surface area contributed by atoms with E-state index < -0.39 is 5.97 Å². The molecule has 1 unspecified atom stereocenters. The van der Waals surface area contributed by atoms with Crippen LogP contribution in [0.1, 0.15) is 25.3 Å². The van der Waals surface area contributed by atoms with Gasteiger partial charge < -0.3 is 15.7 Å². The molecule has 0 saturated heterocycles. The molecule has 2 aromatic carbocycles. The van der Waals surface area contributed by atoms with E-state index >= 15 is 0 Å². The maximum atomic E-state index is 12.5. The number of benzene rings is 2. The number of amides is 2. The average Bonchev–Trinajstić information content (AvgIpc) is 2.63. The van der Waals surface area contributed by atoms with Crippen LogP contribution in [0, 0.1) is 6.92 Å². The van der Waals surface area contributed by atoms with Crippen molar-refractivity contribution in [3.63, 3.8) is 0 Å². The maximum absolute atomic E-state index is 12.5. The summed E-state index contributed by atoms with van der Waals surface area (Å²) in [6, 6.07) is 14.7. The lowest BCUT2D eigenvalue weighted by molar-refractivity contribution is -0.138. The van der Waals surface area contributed by atoms with Gasteiger partial charge in [0.15, 0.2) is 0 Å². The molecule has 0 aliphatic carbocycles. The average molecular weight is 386 g/mol. The number of aliphatic carboxylic acids is 1. The van der Waals surface area contributed by atoms with Crippen molar-refractivity contribution in [2.24, 2.45) is 0 Å². The van der Waals surface area contributed by atoms with E-state index in [0.29, 0.717) is 5.69 Å². The summed E-state index contributed by atoms with van der Waals surface area (Å²) < 4.78 is 0. The fourth-order valence-corrected chi connectivity index (χ4v) is 3.25. The predicted molar refractivity (Wildman–Crippen MR) is 107 cm³/mol. The van der Waals surface area contributed by atoms with E-state index in [1.54, 1.807) is 19.1 Å². The van der Waals surface area contributed by atoms with E-state index in [1.807, 2.05) is 43.3 Å². The Bertz CT molecular complexity index is 838. The molecule has 2 rings (SSSR count). The van der Waals surface area contributed by atoms with E-state index in [0.717, 1.165) is 16.1 Å². The van der Waals surface area contributed by atoms with Gasteiger partial charge in [0, 0.05) is 17.0 Å². The third kappa shape index (κ3) is 6.45. The van der Waals surface area contributed by atoms with Crippen molar-refractivity contribution in [2.45, 2.75) is 36.8 Å². The standard InChI is InChI=1S/C20H22N2O4S/c1-13-7-3-4-8-15(13)22-20(26)14(2)27-17-10-6-5-9-16(17)21-18(23)11-12-19(24)25/h3-10,14H,11-12H2,1-2H3,(H,21,23)(H,22,26)(H,24,25). The van der Waals surface area contributed by atoms with Gasteiger partial charge in [0.1, 0.15) is 0 Å². The minimum atomic E-state index is -1.02. The lowest BCUT2D eigenvalue weighted by atomic mass is 10.2. The Labute approximate surface area is 162 Å². The molecule has 0 fully saturated rings. The first-order valence-electron chi connectivity index (χ1n) is 8.50. The van der Waals surface area contributed by atoms with E-state index in [-0.39, 0.29) is 29.9 Å². The molecular weight excluding hydrogens is 364 g/mol. The monoisotopic (exact) mass is 386 g/mol. The molecule has 1 atom stereocenters. The second-order valence-corrected chi connectivity index (χ2v) is 7.38. The van der Waals surface area contributed by atoms with Crippen molar-refractivity contribution in [3.05, 3.63) is 54.1 Å². The zero-order valence-electron chi connectivity index (χ0n) is 15.2. The normalized spacial score (nSPS) is 11.5. The summed E-state index contributed by atoms with van der Waals surface area (Å²) in [5, 5.41) is 13.9. The summed E-state index contributed by atoms with van der Waals surface area (Å²) in [5.74, 6) is -1.53. The number of carbonyl (C=O) groups excluding carboxylic acids is 2. The number of aryl methyl sites for hydroxylation is 1. The van der Waals surface area contributed by atoms with Gasteiger partial charge in [0.05, 0.1) is 17.4 Å². The Hall–Kier alpha value is -2.80. The minimum absolute atomic E-state index is 0.0995. The fraction of sp³-hybridized carbons (Fsp3) is 0.250. The van der Waals surface area contributed by atoms with Crippen molar-refractivity contribution < 1.29 is 19.5 Å². The number of nitrogens with one attached hydrogen (secondary N) is 2. The minimum Gasteiger partial charge on any atom is -0.481 e. The molecule has 0 saturated carbocycles. The summed E-state index contributed by atoms with van der Waals surface area (Å²) in [6.45, 7) is 3.72. The van der Waals surface area contributed by atoms with Crippen LogP contribution in [-0.4, -0.2) is 28.1 Å². The number of rotatable bonds is 8. The van der Waals surface area contributed by atoms with Gasteiger partial charge in [-0.1, -0.05) is 30.3 Å². The van der Waals surface area contributed by atoms with Gasteiger partial charge in [-0.3, -0.25) is 14.4 Å². The highest BCUT2D eigenvalue weighted by Gasteiger charge is 2.17. The molecule has 0 aliphatic heterocycles. The first kappa shape index (κ1) is 20.5. The molecular formula is C20H22N2O4S. The summed E-state index contributed by atoms with van der Waals surface area (Å²) in [5.41, 5.74) is 2.31. The van der Waals surface area contributed by atoms with Crippen LogP contribution in [0.15, 0.2) is 53.4 Å². The molecule has 0 bridgehead atoms. The third-order valence-electron chi connectivity index (χ3n) is 3.80. The first-order valence-corrected chi connectivity index (χ1v) is 9.38. The van der Waals surface area contributed by atoms with Gasteiger partial charge in [0.25, 0.3) is 0 Å². The number of anilines is 2. The van der Waals surface area contributed by atoms with Crippen molar-refractivity contribution >= 4 is 40.9 Å². The van der Waals surface area contributed by atoms with E-state index in [4.69, 9.17) is 5.11 Å². The number of para-hydroxylation sites is 2. The number of hydrogen-bond donors (Lipinski definition) is 3. The fourth-order valence-electron chi connectivity index (χ4n) is 2.30. The number of hydrogen-bond acceptors (Lipinski definition) is 4. The van der Waals surface area contributed by atoms with Crippen molar-refractivity contribution in [2.75, 3.05) is 10.6 Å². The van der Waals surface area contributed by atoms with E-state index in [9.17, 15) is 14.4 Å². The van der Waals surface area contributed by atoms with Gasteiger partial charge in [0.2, 0.25) is 11.8 Å². The SMILES string of the molecule is Cc1ccccc1NC(=O)C(C)Sc1ccccc1NC(=O)CCC(=O)O. The molecule has 142 valence electrons. The summed E-state index contributed by atoms with van der Waals surface area (Å²) >= 11 is 1.33. The van der Waals surface area contributed by atoms with Crippen LogP contribution in [-0.2, 0) is 14.4 Å². The zero-order valence-corrected chi connectivity index (χ0v) is 16.0. The van der Waals surface area contributed by atoms with E-state index in [1.165, 1.54) is 11.8 Å². The molecule has 6 nitrogen and oxygen atoms in total. The molecule has 27 heavy (non-hydrogen) atoms. The smallest absolute Gasteiger partial charge is 0.303 e. The van der Waals surface area contributed by atoms with Crippen LogP contribution in [0.25, 0.3) is 0 Å². The molecule has 0 heterocycles. The first-order chi connectivity index (χ1) is 12.9. The van der Waals surface area contributed by atoms with Crippen LogP contribution in [0.4, 0.5) is 11.4 Å². The highest BCUT2D eigenvalue weighted by molar-refractivity contribution is 8.00. The van der Waals surface area contributed by atoms with Crippen LogP contribution in [0.3, 0.4) is 0 Å². The van der Waals surface area contributed by atoms with E-state index in [2.05, 4.69) is 10.6 Å². The van der Waals surface area contributed by atoms with Crippen LogP contribution in [0.2, 0.25) is 0 Å². The van der Waals surface area contributed by atoms with Crippen LogP contribution in [0.5, 0.6) is 0 Å². The summed E-state index contributed by atoms with van der Waals surface area (Å²) in [6.07, 6.45) is -0.325. The van der Waals surface area contributed by atoms with Gasteiger partial charge >= 0.3 is 5.97 Å². The topological polar surface area (TPSA) is 95.5 Å². The summed E-state index contributed by atoms with van der Waals surface area (Å²) in [4.78, 5) is 35.7. The molecule has 7 heteroatoms.